The van der Waals surface area contributed by atoms with Crippen molar-refractivity contribution in [3.8, 4) is 22.5 Å². The Morgan fingerprint density at radius 2 is 1.57 bits per heavy atom. The van der Waals surface area contributed by atoms with Crippen LogP contribution in [0.15, 0.2) is 94.7 Å². The van der Waals surface area contributed by atoms with Crippen LogP contribution in [0, 0.1) is 13.8 Å². The number of carbonyl (C=O) groups is 1. The van der Waals surface area contributed by atoms with Crippen molar-refractivity contribution in [2.24, 2.45) is 0 Å². The first kappa shape index (κ1) is 22.8. The highest BCUT2D eigenvalue weighted by Crippen LogP contribution is 2.30. The summed E-state index contributed by atoms with van der Waals surface area (Å²) in [5, 5.41) is 9.30. The number of nitrogens with zero attached hydrogens (tertiary/aromatic N) is 4. The third-order valence-corrected chi connectivity index (χ3v) is 6.70. The van der Waals surface area contributed by atoms with Gasteiger partial charge in [-0.05, 0) is 32.0 Å². The first-order valence-corrected chi connectivity index (χ1v) is 12.3. The molecule has 2 aromatic carbocycles. The number of aryl methyl sites for hydroxylation is 1. The molecule has 5 rings (SSSR count). The Bertz CT molecular complexity index is 1450. The van der Waals surface area contributed by atoms with Crippen LogP contribution in [-0.4, -0.2) is 31.3 Å². The van der Waals surface area contributed by atoms with Gasteiger partial charge in [-0.15, -0.1) is 10.2 Å². The second kappa shape index (κ2) is 10.1. The van der Waals surface area contributed by atoms with Crippen LogP contribution in [-0.2, 0) is 6.54 Å². The lowest BCUT2D eigenvalue weighted by atomic mass is 10.0. The van der Waals surface area contributed by atoms with Crippen molar-refractivity contribution in [3.05, 3.63) is 108 Å². The van der Waals surface area contributed by atoms with Gasteiger partial charge in [0.15, 0.2) is 5.78 Å². The van der Waals surface area contributed by atoms with Gasteiger partial charge in [0.2, 0.25) is 5.16 Å². The Morgan fingerprint density at radius 1 is 0.886 bits per heavy atom. The average molecular weight is 481 g/mol. The largest absolute Gasteiger partial charge is 0.467 e. The number of aromatic nitrogens is 4. The number of thioether (sulfide) groups is 1. The van der Waals surface area contributed by atoms with Crippen LogP contribution in [0.4, 0.5) is 0 Å². The molecule has 35 heavy (non-hydrogen) atoms. The second-order valence-corrected chi connectivity index (χ2v) is 9.13. The molecule has 0 aliphatic carbocycles. The molecule has 0 aliphatic heterocycles. The second-order valence-electron chi connectivity index (χ2n) is 8.19. The summed E-state index contributed by atoms with van der Waals surface area (Å²) in [6, 6.07) is 25.6. The monoisotopic (exact) mass is 480 g/mol. The number of Topliss-reactive ketones (excluding diaryl/α,β-unsaturated/α-hetero) is 1. The van der Waals surface area contributed by atoms with Crippen LogP contribution >= 0.6 is 11.8 Å². The molecule has 0 bridgehead atoms. The lowest BCUT2D eigenvalue weighted by Gasteiger charge is -2.09. The summed E-state index contributed by atoms with van der Waals surface area (Å²) < 4.78 is 7.57. The van der Waals surface area contributed by atoms with E-state index in [-0.39, 0.29) is 11.5 Å². The lowest BCUT2D eigenvalue weighted by molar-refractivity contribution is 0.102. The topological polar surface area (TPSA) is 73.8 Å². The van der Waals surface area contributed by atoms with E-state index in [4.69, 9.17) is 9.40 Å². The standard InChI is InChI=1S/C28H24N4O2S/c1-19-16-24(20(2)32(19)17-23-14-9-15-34-23)25(33)18-35-28-29-26(21-10-5-3-6-11-21)27(30-31-28)22-12-7-4-8-13-22/h3-16H,17-18H2,1-2H3. The molecule has 0 saturated carbocycles. The third-order valence-electron chi connectivity index (χ3n) is 5.86. The molecule has 0 saturated heterocycles. The average Bonchev–Trinajstić information content (AvgIpc) is 3.52. The maximum atomic E-state index is 13.1. The van der Waals surface area contributed by atoms with Crippen molar-refractivity contribution in [2.45, 2.75) is 25.5 Å². The molecule has 0 N–H and O–H groups in total. The Labute approximate surface area is 208 Å². The normalized spacial score (nSPS) is 11.0. The third kappa shape index (κ3) is 4.95. The van der Waals surface area contributed by atoms with Gasteiger partial charge in [0.05, 0.1) is 18.6 Å². The molecule has 0 unspecified atom stereocenters. The number of rotatable bonds is 8. The Kier molecular flexibility index (Phi) is 6.59. The molecule has 0 aliphatic rings. The molecule has 5 aromatic rings. The van der Waals surface area contributed by atoms with Crippen LogP contribution in [0.2, 0.25) is 0 Å². The fourth-order valence-corrected chi connectivity index (χ4v) is 4.72. The first-order chi connectivity index (χ1) is 17.1. The lowest BCUT2D eigenvalue weighted by Crippen LogP contribution is -2.08. The van der Waals surface area contributed by atoms with Gasteiger partial charge in [0.1, 0.15) is 17.1 Å². The SMILES string of the molecule is Cc1cc(C(=O)CSc2nnc(-c3ccccc3)c(-c3ccccc3)n2)c(C)n1Cc1ccco1. The van der Waals surface area contributed by atoms with E-state index < -0.39 is 0 Å². The van der Waals surface area contributed by atoms with E-state index in [9.17, 15) is 4.79 Å². The van der Waals surface area contributed by atoms with Gasteiger partial charge in [-0.3, -0.25) is 4.79 Å². The first-order valence-electron chi connectivity index (χ1n) is 11.3. The molecule has 174 valence electrons. The Morgan fingerprint density at radius 3 is 2.23 bits per heavy atom. The number of benzene rings is 2. The smallest absolute Gasteiger partial charge is 0.210 e. The maximum Gasteiger partial charge on any atom is 0.210 e. The van der Waals surface area contributed by atoms with E-state index in [2.05, 4.69) is 14.8 Å². The van der Waals surface area contributed by atoms with Gasteiger partial charge in [-0.2, -0.15) is 0 Å². The fraction of sp³-hybridized carbons (Fsp3) is 0.143. The van der Waals surface area contributed by atoms with Crippen molar-refractivity contribution < 1.29 is 9.21 Å². The molecule has 0 fully saturated rings. The molecule has 7 heteroatoms. The highest BCUT2D eigenvalue weighted by atomic mass is 32.2. The molecular formula is C28H24N4O2S. The van der Waals surface area contributed by atoms with Gasteiger partial charge < -0.3 is 8.98 Å². The van der Waals surface area contributed by atoms with Crippen LogP contribution in [0.25, 0.3) is 22.5 Å². The zero-order valence-electron chi connectivity index (χ0n) is 19.5. The summed E-state index contributed by atoms with van der Waals surface area (Å²) in [6.07, 6.45) is 1.66. The van der Waals surface area contributed by atoms with E-state index in [1.807, 2.05) is 92.7 Å². The predicted molar refractivity (Wildman–Crippen MR) is 137 cm³/mol. The Balaban J connectivity index is 1.38. The summed E-state index contributed by atoms with van der Waals surface area (Å²) >= 11 is 1.30. The fourth-order valence-electron chi connectivity index (χ4n) is 4.05. The van der Waals surface area contributed by atoms with Gasteiger partial charge >= 0.3 is 0 Å². The number of hydrogen-bond donors (Lipinski definition) is 0. The van der Waals surface area contributed by atoms with Gasteiger partial charge in [0.25, 0.3) is 0 Å². The van der Waals surface area contributed by atoms with Crippen molar-refractivity contribution >= 4 is 17.5 Å². The van der Waals surface area contributed by atoms with Crippen molar-refractivity contribution in [2.75, 3.05) is 5.75 Å². The van der Waals surface area contributed by atoms with E-state index in [0.717, 1.165) is 34.0 Å². The predicted octanol–water partition coefficient (Wildman–Crippen LogP) is 6.24. The summed E-state index contributed by atoms with van der Waals surface area (Å²) in [7, 11) is 0. The van der Waals surface area contributed by atoms with Crippen molar-refractivity contribution in [1.82, 2.24) is 19.7 Å². The van der Waals surface area contributed by atoms with Crippen molar-refractivity contribution in [1.29, 1.82) is 0 Å². The molecule has 0 atom stereocenters. The minimum absolute atomic E-state index is 0.0331. The van der Waals surface area contributed by atoms with E-state index in [1.54, 1.807) is 6.26 Å². The van der Waals surface area contributed by atoms with Crippen LogP contribution in [0.5, 0.6) is 0 Å². The minimum atomic E-state index is 0.0331. The highest BCUT2D eigenvalue weighted by Gasteiger charge is 2.19. The zero-order chi connectivity index (χ0) is 24.2. The van der Waals surface area contributed by atoms with E-state index in [0.29, 0.717) is 23.0 Å². The highest BCUT2D eigenvalue weighted by molar-refractivity contribution is 7.99. The van der Waals surface area contributed by atoms with Gasteiger partial charge in [0, 0.05) is 28.1 Å². The zero-order valence-corrected chi connectivity index (χ0v) is 20.3. The van der Waals surface area contributed by atoms with Gasteiger partial charge in [-0.25, -0.2) is 4.98 Å². The molecule has 0 radical (unpaired) electrons. The van der Waals surface area contributed by atoms with Gasteiger partial charge in [-0.1, -0.05) is 72.4 Å². The summed E-state index contributed by atoms with van der Waals surface area (Å²) in [6.45, 7) is 4.56. The summed E-state index contributed by atoms with van der Waals surface area (Å²) in [5.74, 6) is 1.11. The quantitative estimate of drug-likeness (QED) is 0.193. The van der Waals surface area contributed by atoms with Crippen LogP contribution < -0.4 is 0 Å². The maximum absolute atomic E-state index is 13.1. The van der Waals surface area contributed by atoms with Crippen molar-refractivity contribution in [3.63, 3.8) is 0 Å². The minimum Gasteiger partial charge on any atom is -0.467 e. The number of ketones is 1. The molecule has 0 spiro atoms. The number of furan rings is 1. The van der Waals surface area contributed by atoms with Crippen LogP contribution in [0.3, 0.4) is 0 Å². The summed E-state index contributed by atoms with van der Waals surface area (Å²) in [5.41, 5.74) is 6.02. The number of hydrogen-bond acceptors (Lipinski definition) is 6. The Hall–Kier alpha value is -3.97. The molecule has 3 heterocycles. The molecule has 6 nitrogen and oxygen atoms in total. The molecular weight excluding hydrogens is 456 g/mol. The number of carbonyl (C=O) groups excluding carboxylic acids is 1. The van der Waals surface area contributed by atoms with E-state index in [1.165, 1.54) is 11.8 Å². The molecule has 3 aromatic heterocycles. The summed E-state index contributed by atoms with van der Waals surface area (Å²) in [4.78, 5) is 17.9. The molecule has 0 amide bonds. The van der Waals surface area contributed by atoms with E-state index >= 15 is 0 Å². The van der Waals surface area contributed by atoms with Crippen LogP contribution in [0.1, 0.15) is 27.5 Å².